The number of hydrogen-bond acceptors (Lipinski definition) is 8. The van der Waals surface area contributed by atoms with Crippen LogP contribution in [0.5, 0.6) is 11.5 Å². The molecular formula is C28H29Cl2N7O2. The number of methoxy groups -OCH3 is 1. The van der Waals surface area contributed by atoms with Crippen molar-refractivity contribution in [3.63, 3.8) is 0 Å². The number of halogens is 2. The highest BCUT2D eigenvalue weighted by Gasteiger charge is 2.39. The maximum Gasteiger partial charge on any atom is 0.162 e. The van der Waals surface area contributed by atoms with Crippen LogP contribution in [0.2, 0.25) is 10.0 Å². The number of nitrogens with zero attached hydrogens (tertiary/aromatic N) is 5. The van der Waals surface area contributed by atoms with Gasteiger partial charge in [0, 0.05) is 54.3 Å². The molecule has 1 aliphatic heterocycles. The molecule has 1 aromatic carbocycles. The van der Waals surface area contributed by atoms with E-state index in [2.05, 4.69) is 50.3 Å². The van der Waals surface area contributed by atoms with Gasteiger partial charge in [-0.15, -0.1) is 0 Å². The zero-order valence-corrected chi connectivity index (χ0v) is 23.7. The molecule has 1 aliphatic rings. The second-order valence-electron chi connectivity index (χ2n) is 9.95. The normalized spacial score (nSPS) is 15.1. The van der Waals surface area contributed by atoms with Gasteiger partial charge in [-0.1, -0.05) is 30.1 Å². The molecule has 4 aromatic rings. The average Bonchev–Trinajstić information content (AvgIpc) is 3.32. The first kappa shape index (κ1) is 27.0. The molecule has 0 aliphatic carbocycles. The van der Waals surface area contributed by atoms with Gasteiger partial charge in [-0.05, 0) is 38.9 Å². The minimum Gasteiger partial charge on any atom is -0.493 e. The fourth-order valence-electron chi connectivity index (χ4n) is 4.96. The number of nitriles is 1. The van der Waals surface area contributed by atoms with Crippen molar-refractivity contribution >= 4 is 39.9 Å². The van der Waals surface area contributed by atoms with E-state index in [0.29, 0.717) is 44.2 Å². The van der Waals surface area contributed by atoms with E-state index in [4.69, 9.17) is 32.7 Å². The third kappa shape index (κ3) is 5.20. The molecule has 0 saturated carbocycles. The molecule has 39 heavy (non-hydrogen) atoms. The Morgan fingerprint density at radius 1 is 1.18 bits per heavy atom. The van der Waals surface area contributed by atoms with Gasteiger partial charge in [-0.3, -0.25) is 10.1 Å². The van der Waals surface area contributed by atoms with Crippen molar-refractivity contribution in [2.45, 2.75) is 38.8 Å². The Morgan fingerprint density at radius 3 is 2.59 bits per heavy atom. The highest BCUT2D eigenvalue weighted by Crippen LogP contribution is 2.40. The van der Waals surface area contributed by atoms with Crippen molar-refractivity contribution in [1.29, 1.82) is 5.26 Å². The molecule has 11 heteroatoms. The average molecular weight is 566 g/mol. The number of rotatable bonds is 9. The van der Waals surface area contributed by atoms with E-state index < -0.39 is 6.10 Å². The molecule has 5 rings (SSSR count). The van der Waals surface area contributed by atoms with Crippen molar-refractivity contribution < 1.29 is 9.47 Å². The number of aromatic amines is 1. The van der Waals surface area contributed by atoms with E-state index in [9.17, 15) is 5.26 Å². The van der Waals surface area contributed by atoms with Gasteiger partial charge < -0.3 is 19.7 Å². The van der Waals surface area contributed by atoms with Crippen LogP contribution in [0.1, 0.15) is 44.4 Å². The molecule has 1 fully saturated rings. The van der Waals surface area contributed by atoms with Gasteiger partial charge >= 0.3 is 0 Å². The molecule has 202 valence electrons. The van der Waals surface area contributed by atoms with Gasteiger partial charge in [0.05, 0.1) is 33.8 Å². The second kappa shape index (κ2) is 10.9. The SMILES string of the molecule is CCCNC1(C)CN(c2ncc(-c3n[nH]c4cc(OC)c(O[C@H](C)c5c(Cl)cncc5Cl)cc34)cc2C#N)C1. The largest absolute Gasteiger partial charge is 0.493 e. The lowest BCUT2D eigenvalue weighted by molar-refractivity contribution is 0.216. The van der Waals surface area contributed by atoms with Crippen LogP contribution in [0.15, 0.2) is 36.8 Å². The molecule has 0 bridgehead atoms. The lowest BCUT2D eigenvalue weighted by Crippen LogP contribution is -2.68. The Balaban J connectivity index is 1.46. The van der Waals surface area contributed by atoms with Gasteiger partial charge in [0.25, 0.3) is 0 Å². The number of aromatic nitrogens is 4. The molecule has 9 nitrogen and oxygen atoms in total. The molecule has 0 spiro atoms. The van der Waals surface area contributed by atoms with Crippen LogP contribution >= 0.6 is 23.2 Å². The van der Waals surface area contributed by atoms with E-state index in [1.807, 2.05) is 25.1 Å². The Morgan fingerprint density at radius 2 is 1.92 bits per heavy atom. The van der Waals surface area contributed by atoms with Gasteiger partial charge in [-0.25, -0.2) is 4.98 Å². The Labute approximate surface area is 237 Å². The summed E-state index contributed by atoms with van der Waals surface area (Å²) >= 11 is 12.7. The van der Waals surface area contributed by atoms with Crippen molar-refractivity contribution in [2.75, 3.05) is 31.6 Å². The third-order valence-corrected chi connectivity index (χ3v) is 7.49. The van der Waals surface area contributed by atoms with Gasteiger partial charge in [0.1, 0.15) is 23.7 Å². The lowest BCUT2D eigenvalue weighted by Gasteiger charge is -2.49. The number of benzene rings is 1. The zero-order chi connectivity index (χ0) is 27.7. The summed E-state index contributed by atoms with van der Waals surface area (Å²) in [5, 5.41) is 22.7. The molecule has 1 saturated heterocycles. The maximum absolute atomic E-state index is 9.94. The van der Waals surface area contributed by atoms with Gasteiger partial charge in [0.15, 0.2) is 11.5 Å². The topological polar surface area (TPSA) is 112 Å². The number of H-pyrrole nitrogens is 1. The van der Waals surface area contributed by atoms with E-state index in [-0.39, 0.29) is 5.54 Å². The predicted octanol–water partition coefficient (Wildman–Crippen LogP) is 5.93. The number of fused-ring (bicyclic) bond motifs is 1. The maximum atomic E-state index is 9.94. The molecule has 4 heterocycles. The van der Waals surface area contributed by atoms with E-state index >= 15 is 0 Å². The molecule has 0 unspecified atom stereocenters. The van der Waals surface area contributed by atoms with Gasteiger partial charge in [-0.2, -0.15) is 10.4 Å². The first-order valence-electron chi connectivity index (χ1n) is 12.7. The second-order valence-corrected chi connectivity index (χ2v) is 10.8. The molecule has 2 N–H and O–H groups in total. The summed E-state index contributed by atoms with van der Waals surface area (Å²) in [7, 11) is 1.57. The molecule has 3 aromatic heterocycles. The number of pyridine rings is 2. The van der Waals surface area contributed by atoms with Crippen LogP contribution in [-0.4, -0.2) is 52.4 Å². The fraction of sp³-hybridized carbons (Fsp3) is 0.357. The van der Waals surface area contributed by atoms with Crippen LogP contribution in [0.4, 0.5) is 5.82 Å². The minimum atomic E-state index is -0.477. The first-order valence-corrected chi connectivity index (χ1v) is 13.4. The van der Waals surface area contributed by atoms with Crippen LogP contribution in [0.3, 0.4) is 0 Å². The Bertz CT molecular complexity index is 1540. The molecule has 1 atom stereocenters. The van der Waals surface area contributed by atoms with Crippen molar-refractivity contribution in [1.82, 2.24) is 25.5 Å². The summed E-state index contributed by atoms with van der Waals surface area (Å²) in [6, 6.07) is 7.82. The van der Waals surface area contributed by atoms with E-state index in [1.54, 1.807) is 13.3 Å². The summed E-state index contributed by atoms with van der Waals surface area (Å²) in [6.07, 6.45) is 5.42. The summed E-state index contributed by atoms with van der Waals surface area (Å²) in [5.41, 5.74) is 3.29. The van der Waals surface area contributed by atoms with E-state index in [0.717, 1.165) is 42.5 Å². The zero-order valence-electron chi connectivity index (χ0n) is 22.2. The standard InChI is InChI=1S/C28H29Cl2N7O2/c1-5-6-34-28(3)14-37(15-28)27-17(10-31)7-18(11-33-27)26-19-8-24(23(38-4)9-22(19)35-36-26)39-16(2)25-20(29)12-32-13-21(25)30/h7-9,11-13,16,34H,5-6,14-15H2,1-4H3,(H,35,36)/t16-/m1/s1. The Hall–Kier alpha value is -3.58. The van der Waals surface area contributed by atoms with Gasteiger partial charge in [0.2, 0.25) is 0 Å². The van der Waals surface area contributed by atoms with Crippen LogP contribution in [0, 0.1) is 11.3 Å². The fourth-order valence-corrected chi connectivity index (χ4v) is 5.63. The van der Waals surface area contributed by atoms with Crippen molar-refractivity contribution in [3.8, 4) is 28.8 Å². The minimum absolute atomic E-state index is 0.0266. The highest BCUT2D eigenvalue weighted by atomic mass is 35.5. The van der Waals surface area contributed by atoms with Crippen LogP contribution in [-0.2, 0) is 0 Å². The smallest absolute Gasteiger partial charge is 0.162 e. The van der Waals surface area contributed by atoms with Crippen LogP contribution in [0.25, 0.3) is 22.2 Å². The summed E-state index contributed by atoms with van der Waals surface area (Å²) in [4.78, 5) is 10.8. The quantitative estimate of drug-likeness (QED) is 0.257. The summed E-state index contributed by atoms with van der Waals surface area (Å²) < 4.78 is 11.9. The molecular weight excluding hydrogens is 537 g/mol. The first-order chi connectivity index (χ1) is 18.8. The monoisotopic (exact) mass is 565 g/mol. The number of ether oxygens (including phenoxy) is 2. The number of anilines is 1. The number of hydrogen-bond donors (Lipinski definition) is 2. The van der Waals surface area contributed by atoms with E-state index in [1.165, 1.54) is 12.4 Å². The predicted molar refractivity (Wildman–Crippen MR) is 153 cm³/mol. The Kier molecular flexibility index (Phi) is 7.54. The number of nitrogens with one attached hydrogen (secondary N) is 2. The lowest BCUT2D eigenvalue weighted by atomic mass is 9.91. The van der Waals surface area contributed by atoms with Crippen molar-refractivity contribution in [3.05, 3.63) is 58.0 Å². The molecule has 0 radical (unpaired) electrons. The third-order valence-electron chi connectivity index (χ3n) is 6.89. The molecule has 0 amide bonds. The van der Waals surface area contributed by atoms with Crippen molar-refractivity contribution in [2.24, 2.45) is 0 Å². The summed E-state index contributed by atoms with van der Waals surface area (Å²) in [6.45, 7) is 8.75. The van der Waals surface area contributed by atoms with Crippen LogP contribution < -0.4 is 19.7 Å². The highest BCUT2D eigenvalue weighted by molar-refractivity contribution is 6.35. The summed E-state index contributed by atoms with van der Waals surface area (Å²) in [5.74, 6) is 1.70.